The summed E-state index contributed by atoms with van der Waals surface area (Å²) < 4.78 is 5.12. The molecule has 0 unspecified atom stereocenters. The Labute approximate surface area is 117 Å². The zero-order valence-corrected chi connectivity index (χ0v) is 11.1. The molecular formula is C14H16N4O2. The maximum absolute atomic E-state index is 12.0. The van der Waals surface area contributed by atoms with Crippen molar-refractivity contribution in [2.75, 3.05) is 37.6 Å². The zero-order valence-electron chi connectivity index (χ0n) is 11.1. The Bertz CT molecular complexity index is 548. The molecule has 0 atom stereocenters. The second-order valence-electron chi connectivity index (χ2n) is 4.71. The van der Waals surface area contributed by atoms with Gasteiger partial charge in [0.15, 0.2) is 5.76 Å². The van der Waals surface area contributed by atoms with Crippen molar-refractivity contribution in [2.24, 2.45) is 0 Å². The van der Waals surface area contributed by atoms with E-state index in [0.29, 0.717) is 12.3 Å². The van der Waals surface area contributed by atoms with Gasteiger partial charge in [-0.2, -0.15) is 0 Å². The third kappa shape index (κ3) is 2.85. The second kappa shape index (κ2) is 5.83. The molecule has 0 radical (unpaired) electrons. The van der Waals surface area contributed by atoms with Crippen LogP contribution in [0, 0.1) is 0 Å². The monoisotopic (exact) mass is 272 g/mol. The number of furan rings is 1. The molecule has 104 valence electrons. The van der Waals surface area contributed by atoms with Gasteiger partial charge >= 0.3 is 0 Å². The molecule has 0 aromatic carbocycles. The van der Waals surface area contributed by atoms with Crippen LogP contribution in [0.3, 0.4) is 0 Å². The molecule has 3 rings (SSSR count). The maximum atomic E-state index is 12.0. The Kier molecular flexibility index (Phi) is 3.73. The van der Waals surface area contributed by atoms with E-state index in [-0.39, 0.29) is 5.78 Å². The van der Waals surface area contributed by atoms with E-state index < -0.39 is 0 Å². The summed E-state index contributed by atoms with van der Waals surface area (Å²) in [6.07, 6.45) is 5.02. The van der Waals surface area contributed by atoms with Gasteiger partial charge in [-0.15, -0.1) is 0 Å². The zero-order chi connectivity index (χ0) is 13.8. The predicted molar refractivity (Wildman–Crippen MR) is 73.7 cm³/mol. The van der Waals surface area contributed by atoms with E-state index in [1.165, 1.54) is 6.26 Å². The van der Waals surface area contributed by atoms with Gasteiger partial charge in [0.05, 0.1) is 12.8 Å². The van der Waals surface area contributed by atoms with E-state index in [2.05, 4.69) is 19.8 Å². The van der Waals surface area contributed by atoms with Crippen LogP contribution < -0.4 is 4.90 Å². The number of nitrogens with zero attached hydrogens (tertiary/aromatic N) is 4. The molecule has 1 aliphatic heterocycles. The van der Waals surface area contributed by atoms with E-state index in [4.69, 9.17) is 4.42 Å². The SMILES string of the molecule is O=C(CN1CCN(c2ncccn2)CC1)c1ccco1. The number of ketones is 1. The van der Waals surface area contributed by atoms with Gasteiger partial charge in [-0.25, -0.2) is 9.97 Å². The number of piperazine rings is 1. The Balaban J connectivity index is 1.53. The first-order valence-electron chi connectivity index (χ1n) is 6.64. The molecule has 2 aromatic rings. The van der Waals surface area contributed by atoms with Gasteiger partial charge < -0.3 is 9.32 Å². The quantitative estimate of drug-likeness (QED) is 0.776. The summed E-state index contributed by atoms with van der Waals surface area (Å²) in [5.41, 5.74) is 0. The lowest BCUT2D eigenvalue weighted by Crippen LogP contribution is -2.48. The van der Waals surface area contributed by atoms with Crippen molar-refractivity contribution in [1.82, 2.24) is 14.9 Å². The molecule has 1 fully saturated rings. The molecule has 0 bridgehead atoms. The van der Waals surface area contributed by atoms with Gasteiger partial charge in [0.1, 0.15) is 0 Å². The molecule has 0 aliphatic carbocycles. The summed E-state index contributed by atoms with van der Waals surface area (Å²) in [5, 5.41) is 0. The van der Waals surface area contributed by atoms with Crippen LogP contribution >= 0.6 is 0 Å². The summed E-state index contributed by atoms with van der Waals surface area (Å²) in [6.45, 7) is 3.71. The fourth-order valence-electron chi connectivity index (χ4n) is 2.28. The van der Waals surface area contributed by atoms with E-state index in [9.17, 15) is 4.79 Å². The highest BCUT2D eigenvalue weighted by Gasteiger charge is 2.21. The molecule has 0 N–H and O–H groups in total. The van der Waals surface area contributed by atoms with Crippen LogP contribution in [-0.4, -0.2) is 53.4 Å². The smallest absolute Gasteiger partial charge is 0.225 e. The van der Waals surface area contributed by atoms with Crippen LogP contribution in [0.5, 0.6) is 0 Å². The van der Waals surface area contributed by atoms with Crippen LogP contribution in [0.25, 0.3) is 0 Å². The minimum Gasteiger partial charge on any atom is -0.461 e. The van der Waals surface area contributed by atoms with Crippen LogP contribution in [-0.2, 0) is 0 Å². The molecule has 1 saturated heterocycles. The van der Waals surface area contributed by atoms with Crippen molar-refractivity contribution in [3.8, 4) is 0 Å². The first kappa shape index (κ1) is 12.8. The lowest BCUT2D eigenvalue weighted by atomic mass is 10.2. The number of anilines is 1. The number of hydrogen-bond donors (Lipinski definition) is 0. The van der Waals surface area contributed by atoms with Crippen molar-refractivity contribution in [3.05, 3.63) is 42.6 Å². The highest BCUT2D eigenvalue weighted by Crippen LogP contribution is 2.10. The third-order valence-electron chi connectivity index (χ3n) is 3.37. The average Bonchev–Trinajstić information content (AvgIpc) is 3.03. The van der Waals surface area contributed by atoms with Gasteiger partial charge in [0.2, 0.25) is 11.7 Å². The van der Waals surface area contributed by atoms with E-state index in [1.54, 1.807) is 24.5 Å². The van der Waals surface area contributed by atoms with Crippen molar-refractivity contribution >= 4 is 11.7 Å². The van der Waals surface area contributed by atoms with Gasteiger partial charge in [-0.05, 0) is 18.2 Å². The molecule has 0 saturated carbocycles. The summed E-state index contributed by atoms with van der Waals surface area (Å²) >= 11 is 0. The van der Waals surface area contributed by atoms with Crippen molar-refractivity contribution < 1.29 is 9.21 Å². The van der Waals surface area contributed by atoms with Crippen molar-refractivity contribution in [2.45, 2.75) is 0 Å². The lowest BCUT2D eigenvalue weighted by Gasteiger charge is -2.34. The van der Waals surface area contributed by atoms with Crippen LogP contribution in [0.2, 0.25) is 0 Å². The number of carbonyl (C=O) groups excluding carboxylic acids is 1. The van der Waals surface area contributed by atoms with Crippen LogP contribution in [0.4, 0.5) is 5.95 Å². The summed E-state index contributed by atoms with van der Waals surface area (Å²) in [5.74, 6) is 1.21. The Morgan fingerprint density at radius 1 is 1.15 bits per heavy atom. The topological polar surface area (TPSA) is 62.5 Å². The third-order valence-corrected chi connectivity index (χ3v) is 3.37. The Morgan fingerprint density at radius 2 is 1.90 bits per heavy atom. The molecule has 2 aromatic heterocycles. The minimum atomic E-state index is 0.0272. The Hall–Kier alpha value is -2.21. The van der Waals surface area contributed by atoms with Gasteiger partial charge in [0.25, 0.3) is 0 Å². The first-order chi connectivity index (χ1) is 9.83. The largest absolute Gasteiger partial charge is 0.461 e. The van der Waals surface area contributed by atoms with E-state index >= 15 is 0 Å². The summed E-state index contributed by atoms with van der Waals surface area (Å²) in [6, 6.07) is 5.25. The van der Waals surface area contributed by atoms with Crippen LogP contribution in [0.1, 0.15) is 10.6 Å². The van der Waals surface area contributed by atoms with Gasteiger partial charge in [-0.3, -0.25) is 9.69 Å². The molecule has 20 heavy (non-hydrogen) atoms. The van der Waals surface area contributed by atoms with Crippen LogP contribution in [0.15, 0.2) is 41.3 Å². The van der Waals surface area contributed by atoms with Crippen molar-refractivity contribution in [3.63, 3.8) is 0 Å². The number of carbonyl (C=O) groups is 1. The average molecular weight is 272 g/mol. The summed E-state index contributed by atoms with van der Waals surface area (Å²) in [4.78, 5) is 24.7. The fourth-order valence-corrected chi connectivity index (χ4v) is 2.28. The van der Waals surface area contributed by atoms with Gasteiger partial charge in [0, 0.05) is 38.6 Å². The number of Topliss-reactive ketones (excluding diaryl/α,β-unsaturated/α-hetero) is 1. The molecular weight excluding hydrogens is 256 g/mol. The normalized spacial score (nSPS) is 16.3. The molecule has 6 heteroatoms. The highest BCUT2D eigenvalue weighted by atomic mass is 16.3. The fraction of sp³-hybridized carbons (Fsp3) is 0.357. The van der Waals surface area contributed by atoms with Gasteiger partial charge in [-0.1, -0.05) is 0 Å². The maximum Gasteiger partial charge on any atom is 0.225 e. The minimum absolute atomic E-state index is 0.0272. The standard InChI is InChI=1S/C14H16N4O2/c19-12(13-3-1-10-20-13)11-17-6-8-18(9-7-17)14-15-4-2-5-16-14/h1-5,10H,6-9,11H2. The summed E-state index contributed by atoms with van der Waals surface area (Å²) in [7, 11) is 0. The molecule has 6 nitrogen and oxygen atoms in total. The van der Waals surface area contributed by atoms with Crippen molar-refractivity contribution in [1.29, 1.82) is 0 Å². The van der Waals surface area contributed by atoms with E-state index in [1.807, 2.05) is 6.07 Å². The highest BCUT2D eigenvalue weighted by molar-refractivity contribution is 5.95. The predicted octanol–water partition coefficient (Wildman–Crippen LogP) is 1.07. The first-order valence-corrected chi connectivity index (χ1v) is 6.64. The molecule has 0 spiro atoms. The molecule has 1 aliphatic rings. The number of hydrogen-bond acceptors (Lipinski definition) is 6. The second-order valence-corrected chi connectivity index (χ2v) is 4.71. The molecule has 3 heterocycles. The van der Waals surface area contributed by atoms with E-state index in [0.717, 1.165) is 32.1 Å². The number of rotatable bonds is 4. The number of aromatic nitrogens is 2. The lowest BCUT2D eigenvalue weighted by molar-refractivity contribution is 0.0899. The Morgan fingerprint density at radius 3 is 2.55 bits per heavy atom. The molecule has 0 amide bonds.